The maximum atomic E-state index is 4.82. The highest BCUT2D eigenvalue weighted by atomic mass is 15.4. The van der Waals surface area contributed by atoms with Gasteiger partial charge in [-0.1, -0.05) is 17.3 Å². The Hall–Kier alpha value is -3.91. The summed E-state index contributed by atoms with van der Waals surface area (Å²) in [5, 5.41) is 12.8. The fourth-order valence-electron chi connectivity index (χ4n) is 4.50. The molecule has 166 valence electrons. The normalized spacial score (nSPS) is 14.9. The fraction of sp³-hybridized carbons (Fsp3) is 0.240. The zero-order valence-corrected chi connectivity index (χ0v) is 18.8. The van der Waals surface area contributed by atoms with Crippen molar-refractivity contribution in [3.05, 3.63) is 60.8 Å². The number of piperazine rings is 1. The fourth-order valence-corrected chi connectivity index (χ4v) is 4.50. The quantitative estimate of drug-likeness (QED) is 0.442. The number of benzene rings is 2. The summed E-state index contributed by atoms with van der Waals surface area (Å²) in [7, 11) is 4.09. The second-order valence-corrected chi connectivity index (χ2v) is 8.68. The Kier molecular flexibility index (Phi) is 4.73. The molecule has 0 atom stereocenters. The molecule has 0 saturated carbocycles. The van der Waals surface area contributed by atoms with Gasteiger partial charge in [-0.05, 0) is 55.1 Å². The average molecular weight is 439 g/mol. The third kappa shape index (κ3) is 3.68. The lowest BCUT2D eigenvalue weighted by atomic mass is 10.1. The highest BCUT2D eigenvalue weighted by Gasteiger charge is 2.15. The smallest absolute Gasteiger partial charge is 0.140 e. The highest BCUT2D eigenvalue weighted by molar-refractivity contribution is 5.96. The minimum atomic E-state index is 0.817. The van der Waals surface area contributed by atoms with E-state index in [0.717, 1.165) is 70.9 Å². The minimum absolute atomic E-state index is 0.817. The van der Waals surface area contributed by atoms with E-state index in [1.165, 1.54) is 5.69 Å². The SMILES string of the molecule is CN1CCN(c2cccc(Nc3ccc4c(-c5ccc6nnn(C)c6c5)c[nH]c4n3)c2)CC1. The molecule has 0 aliphatic carbocycles. The van der Waals surface area contributed by atoms with Crippen LogP contribution in [0.3, 0.4) is 0 Å². The molecule has 0 unspecified atom stereocenters. The van der Waals surface area contributed by atoms with Gasteiger partial charge in [0.2, 0.25) is 0 Å². The van der Waals surface area contributed by atoms with Gasteiger partial charge in [0.15, 0.2) is 0 Å². The molecule has 1 aliphatic heterocycles. The van der Waals surface area contributed by atoms with Crippen molar-refractivity contribution in [3.8, 4) is 11.1 Å². The Balaban J connectivity index is 1.26. The van der Waals surface area contributed by atoms with Crippen molar-refractivity contribution in [1.82, 2.24) is 29.9 Å². The standard InChI is InChI=1S/C25H26N8/c1-31-10-12-33(13-11-31)19-5-3-4-18(15-19)27-24-9-7-20-21(16-26-25(20)28-24)17-6-8-22-23(14-17)32(2)30-29-22/h3-9,14-16H,10-13H2,1-2H3,(H2,26,27,28). The summed E-state index contributed by atoms with van der Waals surface area (Å²) < 4.78 is 1.80. The van der Waals surface area contributed by atoms with Gasteiger partial charge in [0.25, 0.3) is 0 Å². The minimum Gasteiger partial charge on any atom is -0.369 e. The molecule has 0 bridgehead atoms. The van der Waals surface area contributed by atoms with Gasteiger partial charge in [0.05, 0.1) is 5.52 Å². The number of aromatic amines is 1. The van der Waals surface area contributed by atoms with Gasteiger partial charge in [-0.15, -0.1) is 5.10 Å². The lowest BCUT2D eigenvalue weighted by Crippen LogP contribution is -2.44. The molecule has 0 radical (unpaired) electrons. The molecule has 8 nitrogen and oxygen atoms in total. The van der Waals surface area contributed by atoms with Gasteiger partial charge >= 0.3 is 0 Å². The summed E-state index contributed by atoms with van der Waals surface area (Å²) in [5.41, 5.74) is 7.27. The van der Waals surface area contributed by atoms with E-state index >= 15 is 0 Å². The predicted molar refractivity (Wildman–Crippen MR) is 133 cm³/mol. The lowest BCUT2D eigenvalue weighted by molar-refractivity contribution is 0.313. The van der Waals surface area contributed by atoms with Gasteiger partial charge in [-0.2, -0.15) is 0 Å². The van der Waals surface area contributed by atoms with Crippen molar-refractivity contribution >= 4 is 39.3 Å². The Morgan fingerprint density at radius 1 is 0.939 bits per heavy atom. The number of H-pyrrole nitrogens is 1. The van der Waals surface area contributed by atoms with E-state index in [9.17, 15) is 0 Å². The molecule has 2 N–H and O–H groups in total. The van der Waals surface area contributed by atoms with E-state index < -0.39 is 0 Å². The van der Waals surface area contributed by atoms with E-state index in [2.05, 4.69) is 79.9 Å². The van der Waals surface area contributed by atoms with Gasteiger partial charge in [-0.25, -0.2) is 9.67 Å². The number of pyridine rings is 1. The molecule has 1 aliphatic rings. The molecule has 8 heteroatoms. The van der Waals surface area contributed by atoms with Crippen LogP contribution >= 0.6 is 0 Å². The zero-order valence-electron chi connectivity index (χ0n) is 18.8. The van der Waals surface area contributed by atoms with Crippen LogP contribution < -0.4 is 10.2 Å². The van der Waals surface area contributed by atoms with Gasteiger partial charge in [0.1, 0.15) is 17.0 Å². The molecular formula is C25H26N8. The third-order valence-electron chi connectivity index (χ3n) is 6.45. The summed E-state index contributed by atoms with van der Waals surface area (Å²) >= 11 is 0. The first-order chi connectivity index (χ1) is 16.1. The maximum Gasteiger partial charge on any atom is 0.140 e. The number of rotatable bonds is 4. The van der Waals surface area contributed by atoms with E-state index in [1.807, 2.05) is 25.4 Å². The Labute approximate surface area is 191 Å². The first kappa shape index (κ1) is 19.8. The topological polar surface area (TPSA) is 77.9 Å². The van der Waals surface area contributed by atoms with Crippen LogP contribution in [-0.2, 0) is 7.05 Å². The largest absolute Gasteiger partial charge is 0.369 e. The molecule has 1 saturated heterocycles. The summed E-state index contributed by atoms with van der Waals surface area (Å²) in [4.78, 5) is 13.0. The van der Waals surface area contributed by atoms with Crippen LogP contribution in [0, 0.1) is 0 Å². The van der Waals surface area contributed by atoms with Crippen LogP contribution in [0.25, 0.3) is 33.2 Å². The van der Waals surface area contributed by atoms with Crippen LogP contribution in [0.1, 0.15) is 0 Å². The number of hydrogen-bond donors (Lipinski definition) is 2. The first-order valence-corrected chi connectivity index (χ1v) is 11.2. The number of hydrogen-bond acceptors (Lipinski definition) is 6. The molecule has 1 fully saturated rings. The zero-order chi connectivity index (χ0) is 22.4. The molecule has 33 heavy (non-hydrogen) atoms. The van der Waals surface area contributed by atoms with Crippen LogP contribution in [-0.4, -0.2) is 63.1 Å². The van der Waals surface area contributed by atoms with E-state index in [1.54, 1.807) is 4.68 Å². The number of nitrogens with one attached hydrogen (secondary N) is 2. The van der Waals surface area contributed by atoms with Crippen molar-refractivity contribution in [2.45, 2.75) is 0 Å². The lowest BCUT2D eigenvalue weighted by Gasteiger charge is -2.34. The van der Waals surface area contributed by atoms with E-state index in [0.29, 0.717) is 0 Å². The summed E-state index contributed by atoms with van der Waals surface area (Å²) in [6.07, 6.45) is 2.01. The van der Waals surface area contributed by atoms with Crippen molar-refractivity contribution in [2.24, 2.45) is 7.05 Å². The number of likely N-dealkylation sites (N-methyl/N-ethyl adjacent to an activating group) is 1. The Morgan fingerprint density at radius 2 is 1.82 bits per heavy atom. The maximum absolute atomic E-state index is 4.82. The number of aromatic nitrogens is 5. The van der Waals surface area contributed by atoms with Crippen LogP contribution in [0.15, 0.2) is 60.8 Å². The summed E-state index contributed by atoms with van der Waals surface area (Å²) in [5.74, 6) is 0.817. The average Bonchev–Trinajstić information content (AvgIpc) is 3.43. The number of nitrogens with zero attached hydrogens (tertiary/aromatic N) is 6. The van der Waals surface area contributed by atoms with Crippen molar-refractivity contribution < 1.29 is 0 Å². The Bertz CT molecular complexity index is 1440. The van der Waals surface area contributed by atoms with E-state index in [-0.39, 0.29) is 0 Å². The van der Waals surface area contributed by atoms with Crippen molar-refractivity contribution in [1.29, 1.82) is 0 Å². The van der Waals surface area contributed by atoms with Gasteiger partial charge in [0, 0.05) is 61.7 Å². The summed E-state index contributed by atoms with van der Waals surface area (Å²) in [6, 6.07) is 18.9. The number of anilines is 3. The number of aryl methyl sites for hydroxylation is 1. The second-order valence-electron chi connectivity index (χ2n) is 8.68. The van der Waals surface area contributed by atoms with Crippen LogP contribution in [0.2, 0.25) is 0 Å². The Morgan fingerprint density at radius 3 is 2.70 bits per heavy atom. The van der Waals surface area contributed by atoms with Gasteiger partial charge < -0.3 is 20.1 Å². The molecular weight excluding hydrogens is 412 g/mol. The predicted octanol–water partition coefficient (Wildman–Crippen LogP) is 4.01. The molecule has 5 aromatic rings. The molecule has 0 amide bonds. The molecule has 2 aromatic carbocycles. The molecule has 3 aromatic heterocycles. The molecule has 6 rings (SSSR count). The van der Waals surface area contributed by atoms with Gasteiger partial charge in [-0.3, -0.25) is 0 Å². The molecule has 0 spiro atoms. The van der Waals surface area contributed by atoms with Crippen molar-refractivity contribution in [3.63, 3.8) is 0 Å². The molecule has 4 heterocycles. The second kappa shape index (κ2) is 7.90. The van der Waals surface area contributed by atoms with E-state index in [4.69, 9.17) is 4.98 Å². The summed E-state index contributed by atoms with van der Waals surface area (Å²) in [6.45, 7) is 4.29. The first-order valence-electron chi connectivity index (χ1n) is 11.2. The van der Waals surface area contributed by atoms with Crippen LogP contribution in [0.5, 0.6) is 0 Å². The van der Waals surface area contributed by atoms with Crippen LogP contribution in [0.4, 0.5) is 17.2 Å². The monoisotopic (exact) mass is 438 g/mol. The number of fused-ring (bicyclic) bond motifs is 2. The highest BCUT2D eigenvalue weighted by Crippen LogP contribution is 2.31. The van der Waals surface area contributed by atoms with Crippen molar-refractivity contribution in [2.75, 3.05) is 43.4 Å². The third-order valence-corrected chi connectivity index (χ3v) is 6.45.